The fourth-order valence-electron chi connectivity index (χ4n) is 3.35. The van der Waals surface area contributed by atoms with Crippen molar-refractivity contribution in [1.29, 1.82) is 0 Å². The average molecular weight is 334 g/mol. The smallest absolute Gasteiger partial charge is 0.225 e. The lowest BCUT2D eigenvalue weighted by molar-refractivity contribution is -0.143. The fraction of sp³-hybridized carbons (Fsp3) is 0.556. The number of carbonyl (C=O) groups excluding carboxylic acids is 2. The van der Waals surface area contributed by atoms with Gasteiger partial charge in [0.15, 0.2) is 0 Å². The molecule has 0 bridgehead atoms. The van der Waals surface area contributed by atoms with Gasteiger partial charge in [-0.05, 0) is 32.4 Å². The van der Waals surface area contributed by atoms with Gasteiger partial charge in [0.05, 0.1) is 26.2 Å². The number of benzene rings is 1. The molecule has 1 aromatic rings. The summed E-state index contributed by atoms with van der Waals surface area (Å²) in [6.07, 6.45) is 0.936. The summed E-state index contributed by atoms with van der Waals surface area (Å²) in [5.41, 5.74) is 0.837. The first-order chi connectivity index (χ1) is 11.6. The van der Waals surface area contributed by atoms with Crippen LogP contribution in [0.4, 0.5) is 0 Å². The largest absolute Gasteiger partial charge is 0.497 e. The van der Waals surface area contributed by atoms with Crippen LogP contribution in [0.3, 0.4) is 0 Å². The van der Waals surface area contributed by atoms with Crippen molar-refractivity contribution in [2.75, 3.05) is 27.3 Å². The van der Waals surface area contributed by atoms with E-state index in [9.17, 15) is 9.59 Å². The van der Waals surface area contributed by atoms with Crippen LogP contribution >= 0.6 is 0 Å². The zero-order chi connectivity index (χ0) is 17.7. The molecule has 2 rings (SSSR count). The Bertz CT molecular complexity index is 603. The zero-order valence-electron chi connectivity index (χ0n) is 14.8. The fourth-order valence-corrected chi connectivity index (χ4v) is 3.35. The zero-order valence-corrected chi connectivity index (χ0v) is 14.8. The van der Waals surface area contributed by atoms with Crippen molar-refractivity contribution in [2.24, 2.45) is 5.92 Å². The summed E-state index contributed by atoms with van der Waals surface area (Å²) in [4.78, 5) is 26.7. The van der Waals surface area contributed by atoms with Gasteiger partial charge in [-0.15, -0.1) is 0 Å². The van der Waals surface area contributed by atoms with Crippen LogP contribution in [0.1, 0.15) is 38.3 Å². The highest BCUT2D eigenvalue weighted by Gasteiger charge is 2.41. The number of rotatable bonds is 6. The second-order valence-corrected chi connectivity index (χ2v) is 5.77. The average Bonchev–Trinajstić information content (AvgIpc) is 2.60. The monoisotopic (exact) mass is 334 g/mol. The molecule has 1 saturated heterocycles. The molecule has 1 N–H and O–H groups in total. The third kappa shape index (κ3) is 3.47. The molecule has 0 radical (unpaired) electrons. The Hall–Kier alpha value is -2.24. The molecular weight excluding hydrogens is 308 g/mol. The molecule has 0 aliphatic carbocycles. The summed E-state index contributed by atoms with van der Waals surface area (Å²) in [6.45, 7) is 4.95. The van der Waals surface area contributed by atoms with Gasteiger partial charge >= 0.3 is 0 Å². The molecule has 1 aliphatic rings. The molecule has 6 nitrogen and oxygen atoms in total. The predicted octanol–water partition coefficient (Wildman–Crippen LogP) is 2.14. The van der Waals surface area contributed by atoms with Gasteiger partial charge in [0.1, 0.15) is 11.5 Å². The Balaban J connectivity index is 2.49. The number of hydrogen-bond donors (Lipinski definition) is 1. The van der Waals surface area contributed by atoms with Crippen molar-refractivity contribution in [3.8, 4) is 11.5 Å². The van der Waals surface area contributed by atoms with Crippen LogP contribution in [0.15, 0.2) is 18.2 Å². The molecular formula is C18H26N2O4. The van der Waals surface area contributed by atoms with E-state index in [-0.39, 0.29) is 23.8 Å². The standard InChI is InChI=1S/C18H26N2O4/c1-5-19-18(22)14-9-10-16(21)20(6-2)17(14)13-8-7-12(23-3)11-15(13)24-4/h7-8,11,14,17H,5-6,9-10H2,1-4H3,(H,19,22)/t14-,17+/m1/s1. The second-order valence-electron chi connectivity index (χ2n) is 5.77. The minimum Gasteiger partial charge on any atom is -0.497 e. The first-order valence-corrected chi connectivity index (χ1v) is 8.36. The lowest BCUT2D eigenvalue weighted by atomic mass is 9.83. The number of likely N-dealkylation sites (tertiary alicyclic amines) is 1. The van der Waals surface area contributed by atoms with Crippen LogP contribution in [0.25, 0.3) is 0 Å². The van der Waals surface area contributed by atoms with Crippen molar-refractivity contribution in [1.82, 2.24) is 10.2 Å². The number of methoxy groups -OCH3 is 2. The molecule has 1 fully saturated rings. The lowest BCUT2D eigenvalue weighted by Crippen LogP contribution is -2.48. The van der Waals surface area contributed by atoms with Crippen LogP contribution < -0.4 is 14.8 Å². The molecule has 24 heavy (non-hydrogen) atoms. The van der Waals surface area contributed by atoms with Crippen molar-refractivity contribution < 1.29 is 19.1 Å². The van der Waals surface area contributed by atoms with Crippen LogP contribution in [-0.2, 0) is 9.59 Å². The number of nitrogens with one attached hydrogen (secondary N) is 1. The number of carbonyl (C=O) groups is 2. The summed E-state index contributed by atoms with van der Waals surface area (Å²) in [6, 6.07) is 5.18. The highest BCUT2D eigenvalue weighted by atomic mass is 16.5. The van der Waals surface area contributed by atoms with E-state index in [1.54, 1.807) is 25.2 Å². The summed E-state index contributed by atoms with van der Waals surface area (Å²) in [5, 5.41) is 2.89. The van der Waals surface area contributed by atoms with Gasteiger partial charge in [-0.25, -0.2) is 0 Å². The summed E-state index contributed by atoms with van der Waals surface area (Å²) in [7, 11) is 3.18. The summed E-state index contributed by atoms with van der Waals surface area (Å²) in [5.74, 6) is 1.06. The third-order valence-corrected chi connectivity index (χ3v) is 4.49. The highest BCUT2D eigenvalue weighted by Crippen LogP contribution is 2.41. The van der Waals surface area contributed by atoms with Gasteiger partial charge < -0.3 is 19.7 Å². The second kappa shape index (κ2) is 8.04. The van der Waals surface area contributed by atoms with E-state index in [1.165, 1.54) is 0 Å². The van der Waals surface area contributed by atoms with E-state index >= 15 is 0 Å². The summed E-state index contributed by atoms with van der Waals surface area (Å²) >= 11 is 0. The maximum Gasteiger partial charge on any atom is 0.225 e. The molecule has 6 heteroatoms. The van der Waals surface area contributed by atoms with Crippen molar-refractivity contribution in [3.05, 3.63) is 23.8 Å². The van der Waals surface area contributed by atoms with Gasteiger partial charge in [0.25, 0.3) is 0 Å². The van der Waals surface area contributed by atoms with Gasteiger partial charge in [0.2, 0.25) is 11.8 Å². The summed E-state index contributed by atoms with van der Waals surface area (Å²) < 4.78 is 10.8. The Kier molecular flexibility index (Phi) is 6.06. The van der Waals surface area contributed by atoms with E-state index in [1.807, 2.05) is 26.0 Å². The number of hydrogen-bond acceptors (Lipinski definition) is 4. The number of nitrogens with zero attached hydrogens (tertiary/aromatic N) is 1. The van der Waals surface area contributed by atoms with Crippen LogP contribution in [0, 0.1) is 5.92 Å². The van der Waals surface area contributed by atoms with E-state index in [0.29, 0.717) is 37.4 Å². The van der Waals surface area contributed by atoms with Gasteiger partial charge in [-0.1, -0.05) is 0 Å². The van der Waals surface area contributed by atoms with Gasteiger partial charge in [-0.2, -0.15) is 0 Å². The van der Waals surface area contributed by atoms with Crippen LogP contribution in [0.5, 0.6) is 11.5 Å². The quantitative estimate of drug-likeness (QED) is 0.865. The molecule has 1 heterocycles. The number of amides is 2. The Morgan fingerprint density at radius 3 is 2.62 bits per heavy atom. The van der Waals surface area contributed by atoms with E-state index in [0.717, 1.165) is 5.56 Å². The maximum absolute atomic E-state index is 12.6. The molecule has 0 aromatic heterocycles. The number of piperidine rings is 1. The highest BCUT2D eigenvalue weighted by molar-refractivity contribution is 5.85. The topological polar surface area (TPSA) is 67.9 Å². The Morgan fingerprint density at radius 2 is 2.04 bits per heavy atom. The van der Waals surface area contributed by atoms with Crippen LogP contribution in [0.2, 0.25) is 0 Å². The number of ether oxygens (including phenoxy) is 2. The molecule has 0 spiro atoms. The first kappa shape index (κ1) is 18.1. The minimum absolute atomic E-state index is 0.0219. The SMILES string of the molecule is CCNC(=O)[C@@H]1CCC(=O)N(CC)[C@H]1c1ccc(OC)cc1OC. The molecule has 1 aliphatic heterocycles. The van der Waals surface area contributed by atoms with Crippen molar-refractivity contribution in [2.45, 2.75) is 32.7 Å². The van der Waals surface area contributed by atoms with Gasteiger partial charge in [-0.3, -0.25) is 9.59 Å². The molecule has 132 valence electrons. The molecule has 0 saturated carbocycles. The van der Waals surface area contributed by atoms with E-state index < -0.39 is 0 Å². The normalized spacial score (nSPS) is 20.7. The molecule has 1 aromatic carbocycles. The molecule has 2 amide bonds. The van der Waals surface area contributed by atoms with E-state index in [2.05, 4.69) is 5.32 Å². The lowest BCUT2D eigenvalue weighted by Gasteiger charge is -2.40. The Morgan fingerprint density at radius 1 is 1.29 bits per heavy atom. The minimum atomic E-state index is -0.330. The Labute approximate surface area is 143 Å². The molecule has 2 atom stereocenters. The maximum atomic E-state index is 12.6. The van der Waals surface area contributed by atoms with Crippen LogP contribution in [-0.4, -0.2) is 44.0 Å². The van der Waals surface area contributed by atoms with Gasteiger partial charge in [0, 0.05) is 31.1 Å². The predicted molar refractivity (Wildman–Crippen MR) is 91.1 cm³/mol. The first-order valence-electron chi connectivity index (χ1n) is 8.36. The third-order valence-electron chi connectivity index (χ3n) is 4.49. The van der Waals surface area contributed by atoms with Crippen molar-refractivity contribution >= 4 is 11.8 Å². The van der Waals surface area contributed by atoms with Crippen molar-refractivity contribution in [3.63, 3.8) is 0 Å². The molecule has 0 unspecified atom stereocenters. The van der Waals surface area contributed by atoms with E-state index in [4.69, 9.17) is 9.47 Å².